The Hall–Kier alpha value is -0.130. The van der Waals surface area contributed by atoms with Crippen molar-refractivity contribution in [3.05, 3.63) is 0 Å². The van der Waals surface area contributed by atoms with Gasteiger partial charge in [-0.3, -0.25) is 0 Å². The molecule has 2 heterocycles. The molecule has 4 nitrogen and oxygen atoms in total. The Morgan fingerprint density at radius 1 is 0.944 bits per heavy atom. The van der Waals surface area contributed by atoms with Crippen LogP contribution in [0.25, 0.3) is 0 Å². The van der Waals surface area contributed by atoms with Crippen molar-refractivity contribution in [2.75, 3.05) is 24.6 Å². The Kier molecular flexibility index (Phi) is 3.65. The molecule has 0 aromatic heterocycles. The lowest BCUT2D eigenvalue weighted by Gasteiger charge is -2.35. The van der Waals surface area contributed by atoms with Gasteiger partial charge in [-0.2, -0.15) is 0 Å². The molecular weight excluding hydrogens is 248 g/mol. The van der Waals surface area contributed by atoms with E-state index in [2.05, 4.69) is 10.2 Å². The third-order valence-corrected chi connectivity index (χ3v) is 6.35. The Balaban J connectivity index is 1.45. The fourth-order valence-electron chi connectivity index (χ4n) is 3.36. The van der Waals surface area contributed by atoms with Gasteiger partial charge in [0.2, 0.25) is 0 Å². The van der Waals surface area contributed by atoms with E-state index in [1.165, 1.54) is 38.8 Å². The molecular formula is C13H24N2O2S. The summed E-state index contributed by atoms with van der Waals surface area (Å²) in [6.45, 7) is 2.39. The fraction of sp³-hybridized carbons (Fsp3) is 1.00. The van der Waals surface area contributed by atoms with Crippen molar-refractivity contribution in [3.8, 4) is 0 Å². The minimum Gasteiger partial charge on any atom is -0.310 e. The molecule has 1 unspecified atom stereocenters. The van der Waals surface area contributed by atoms with Crippen LogP contribution in [0.3, 0.4) is 0 Å². The van der Waals surface area contributed by atoms with E-state index in [9.17, 15) is 8.42 Å². The fourth-order valence-corrected chi connectivity index (χ4v) is 5.01. The summed E-state index contributed by atoms with van der Waals surface area (Å²) in [5.74, 6) is 0.751. The molecule has 1 saturated carbocycles. The lowest BCUT2D eigenvalue weighted by atomic mass is 10.0. The Morgan fingerprint density at radius 3 is 2.28 bits per heavy atom. The molecule has 0 radical (unpaired) electrons. The molecule has 0 aromatic carbocycles. The molecule has 2 aliphatic heterocycles. The molecule has 1 aliphatic carbocycles. The molecule has 0 spiro atoms. The highest BCUT2D eigenvalue weighted by molar-refractivity contribution is 7.91. The summed E-state index contributed by atoms with van der Waals surface area (Å²) < 4.78 is 23.2. The van der Waals surface area contributed by atoms with Crippen LogP contribution in [0, 0.1) is 0 Å². The zero-order chi connectivity index (χ0) is 12.6. The Morgan fingerprint density at radius 2 is 1.67 bits per heavy atom. The molecule has 0 bridgehead atoms. The van der Waals surface area contributed by atoms with Crippen LogP contribution >= 0.6 is 0 Å². The summed E-state index contributed by atoms with van der Waals surface area (Å²) in [6.07, 6.45) is 7.01. The maximum absolute atomic E-state index is 11.6. The van der Waals surface area contributed by atoms with Gasteiger partial charge in [0.25, 0.3) is 0 Å². The van der Waals surface area contributed by atoms with Crippen LogP contribution in [-0.2, 0) is 9.84 Å². The monoisotopic (exact) mass is 272 g/mol. The van der Waals surface area contributed by atoms with Gasteiger partial charge in [0.1, 0.15) is 0 Å². The second-order valence-electron chi connectivity index (χ2n) is 6.16. The molecule has 5 heteroatoms. The lowest BCUT2D eigenvalue weighted by molar-refractivity contribution is 0.183. The van der Waals surface area contributed by atoms with E-state index >= 15 is 0 Å². The second-order valence-corrected chi connectivity index (χ2v) is 8.39. The predicted molar refractivity (Wildman–Crippen MR) is 72.4 cm³/mol. The first kappa shape index (κ1) is 12.9. The van der Waals surface area contributed by atoms with E-state index in [0.717, 1.165) is 18.9 Å². The first-order valence-corrected chi connectivity index (χ1v) is 9.15. The van der Waals surface area contributed by atoms with Gasteiger partial charge in [-0.1, -0.05) is 0 Å². The summed E-state index contributed by atoms with van der Waals surface area (Å²) in [7, 11) is -2.77. The van der Waals surface area contributed by atoms with Crippen LogP contribution in [0.5, 0.6) is 0 Å². The standard InChI is InChI=1S/C13H24N2O2S/c16-18(17)9-1-2-12(10-18)14-11-5-7-15(8-6-11)13-3-4-13/h11-14H,1-10H2. The number of nitrogens with zero attached hydrogens (tertiary/aromatic N) is 1. The molecule has 3 fully saturated rings. The first-order chi connectivity index (χ1) is 8.62. The van der Waals surface area contributed by atoms with Crippen molar-refractivity contribution in [3.63, 3.8) is 0 Å². The highest BCUT2D eigenvalue weighted by atomic mass is 32.2. The van der Waals surface area contributed by atoms with E-state index in [-0.39, 0.29) is 6.04 Å². The molecule has 0 amide bonds. The van der Waals surface area contributed by atoms with Crippen molar-refractivity contribution in [1.29, 1.82) is 0 Å². The van der Waals surface area contributed by atoms with Gasteiger partial charge < -0.3 is 10.2 Å². The van der Waals surface area contributed by atoms with E-state index in [1.54, 1.807) is 0 Å². The number of nitrogens with one attached hydrogen (secondary N) is 1. The number of piperidine rings is 1. The largest absolute Gasteiger partial charge is 0.310 e. The number of sulfone groups is 1. The summed E-state index contributed by atoms with van der Waals surface area (Å²) in [4.78, 5) is 2.61. The van der Waals surface area contributed by atoms with Crippen LogP contribution in [0.15, 0.2) is 0 Å². The van der Waals surface area contributed by atoms with Gasteiger partial charge in [-0.25, -0.2) is 8.42 Å². The summed E-state index contributed by atoms with van der Waals surface area (Å²) >= 11 is 0. The third kappa shape index (κ3) is 3.25. The molecule has 2 saturated heterocycles. The lowest BCUT2D eigenvalue weighted by Crippen LogP contribution is -2.50. The van der Waals surface area contributed by atoms with Crippen LogP contribution in [0.4, 0.5) is 0 Å². The SMILES string of the molecule is O=S1(=O)CCCC(NC2CCN(C3CC3)CC2)C1. The molecule has 18 heavy (non-hydrogen) atoms. The number of hydrogen-bond acceptors (Lipinski definition) is 4. The van der Waals surface area contributed by atoms with Crippen LogP contribution in [0.1, 0.15) is 38.5 Å². The topological polar surface area (TPSA) is 49.4 Å². The minimum absolute atomic E-state index is 0.209. The molecule has 104 valence electrons. The second kappa shape index (κ2) is 5.10. The highest BCUT2D eigenvalue weighted by Gasteiger charge is 2.33. The summed E-state index contributed by atoms with van der Waals surface area (Å²) in [5.41, 5.74) is 0. The van der Waals surface area contributed by atoms with Crippen molar-refractivity contribution in [2.24, 2.45) is 0 Å². The zero-order valence-corrected chi connectivity index (χ0v) is 11.8. The van der Waals surface area contributed by atoms with E-state index in [4.69, 9.17) is 0 Å². The van der Waals surface area contributed by atoms with Gasteiger partial charge in [0, 0.05) is 18.1 Å². The molecule has 3 rings (SSSR count). The molecule has 3 aliphatic rings. The van der Waals surface area contributed by atoms with Crippen molar-refractivity contribution >= 4 is 9.84 Å². The van der Waals surface area contributed by atoms with Gasteiger partial charge in [0.05, 0.1) is 11.5 Å². The van der Waals surface area contributed by atoms with Crippen LogP contribution in [-0.4, -0.2) is 56.0 Å². The van der Waals surface area contributed by atoms with E-state index in [0.29, 0.717) is 17.5 Å². The first-order valence-electron chi connectivity index (χ1n) is 7.33. The van der Waals surface area contributed by atoms with Crippen LogP contribution in [0.2, 0.25) is 0 Å². The Bertz CT molecular complexity index is 384. The number of likely N-dealkylation sites (tertiary alicyclic amines) is 1. The third-order valence-electron chi connectivity index (χ3n) is 4.53. The predicted octanol–water partition coefficient (Wildman–Crippen LogP) is 0.780. The summed E-state index contributed by atoms with van der Waals surface area (Å²) in [5, 5.41) is 3.59. The van der Waals surface area contributed by atoms with Gasteiger partial charge in [-0.15, -0.1) is 0 Å². The quantitative estimate of drug-likeness (QED) is 0.825. The number of hydrogen-bond donors (Lipinski definition) is 1. The zero-order valence-electron chi connectivity index (χ0n) is 11.0. The summed E-state index contributed by atoms with van der Waals surface area (Å²) in [6, 6.07) is 1.63. The number of rotatable bonds is 3. The van der Waals surface area contributed by atoms with Crippen molar-refractivity contribution in [2.45, 2.75) is 56.7 Å². The van der Waals surface area contributed by atoms with Crippen molar-refractivity contribution < 1.29 is 8.42 Å². The Labute approximate surface area is 110 Å². The van der Waals surface area contributed by atoms with E-state index in [1.807, 2.05) is 0 Å². The van der Waals surface area contributed by atoms with Crippen molar-refractivity contribution in [1.82, 2.24) is 10.2 Å². The minimum atomic E-state index is -2.77. The average molecular weight is 272 g/mol. The maximum Gasteiger partial charge on any atom is 0.151 e. The van der Waals surface area contributed by atoms with Gasteiger partial charge in [0.15, 0.2) is 9.84 Å². The van der Waals surface area contributed by atoms with Gasteiger partial charge in [-0.05, 0) is 51.6 Å². The molecule has 1 N–H and O–H groups in total. The smallest absolute Gasteiger partial charge is 0.151 e. The molecule has 0 aromatic rings. The van der Waals surface area contributed by atoms with Gasteiger partial charge >= 0.3 is 0 Å². The average Bonchev–Trinajstić information content (AvgIpc) is 3.12. The highest BCUT2D eigenvalue weighted by Crippen LogP contribution is 2.29. The maximum atomic E-state index is 11.6. The van der Waals surface area contributed by atoms with Crippen LogP contribution < -0.4 is 5.32 Å². The van der Waals surface area contributed by atoms with E-state index < -0.39 is 9.84 Å². The normalized spacial score (nSPS) is 34.6. The molecule has 1 atom stereocenters.